The summed E-state index contributed by atoms with van der Waals surface area (Å²) in [4.78, 5) is 0. The fourth-order valence-corrected chi connectivity index (χ4v) is 6.71. The first-order valence-corrected chi connectivity index (χ1v) is 24.4. The van der Waals surface area contributed by atoms with Gasteiger partial charge in [0.05, 0.1) is 0 Å². The maximum absolute atomic E-state index is 6.19. The Kier molecular flexibility index (Phi) is 62.1. The highest BCUT2D eigenvalue weighted by molar-refractivity contribution is 4.89. The highest BCUT2D eigenvalue weighted by atomic mass is 14.8. The zero-order valence-electron chi connectivity index (χ0n) is 42.0. The van der Waals surface area contributed by atoms with Crippen molar-refractivity contribution in [2.24, 2.45) is 69.4 Å². The zero-order chi connectivity index (χ0) is 45.8. The van der Waals surface area contributed by atoms with Crippen molar-refractivity contribution in [3.63, 3.8) is 0 Å². The van der Waals surface area contributed by atoms with E-state index < -0.39 is 0 Å². The molecule has 57 heavy (non-hydrogen) atoms. The molecule has 18 N–H and O–H groups in total. The molecule has 1 aliphatic carbocycles. The lowest BCUT2D eigenvalue weighted by Crippen LogP contribution is -2.46. The highest BCUT2D eigenvalue weighted by Crippen LogP contribution is 2.32. The summed E-state index contributed by atoms with van der Waals surface area (Å²) in [5.41, 5.74) is 51.3. The van der Waals surface area contributed by atoms with Crippen LogP contribution >= 0.6 is 0 Å². The van der Waals surface area contributed by atoms with E-state index >= 15 is 0 Å². The molecule has 0 amide bonds. The first-order valence-electron chi connectivity index (χ1n) is 24.4. The van der Waals surface area contributed by atoms with Gasteiger partial charge in [-0.1, -0.05) is 133 Å². The lowest BCUT2D eigenvalue weighted by atomic mass is 9.73. The Morgan fingerprint density at radius 2 is 0.632 bits per heavy atom. The predicted octanol–water partition coefficient (Wildman–Crippen LogP) is 10.2. The van der Waals surface area contributed by atoms with Crippen molar-refractivity contribution in [1.29, 1.82) is 0 Å². The molecule has 9 nitrogen and oxygen atoms in total. The van der Waals surface area contributed by atoms with Gasteiger partial charge in [-0.05, 0) is 123 Å². The predicted molar refractivity (Wildman–Crippen MR) is 264 cm³/mol. The summed E-state index contributed by atoms with van der Waals surface area (Å²) < 4.78 is 0. The third-order valence-corrected chi connectivity index (χ3v) is 9.83. The molecule has 0 saturated heterocycles. The van der Waals surface area contributed by atoms with Crippen LogP contribution in [0.2, 0.25) is 0 Å². The molecule has 0 heterocycles. The normalized spacial score (nSPS) is 20.8. The molecule has 11 unspecified atom stereocenters. The minimum atomic E-state index is 0.219. The molecule has 0 aromatic carbocycles. The molecule has 0 aliphatic heterocycles. The Morgan fingerprint density at radius 3 is 0.754 bits per heavy atom. The molecule has 354 valence electrons. The number of rotatable bonds is 21. The van der Waals surface area contributed by atoms with Crippen LogP contribution in [-0.2, 0) is 0 Å². The summed E-state index contributed by atoms with van der Waals surface area (Å²) in [6.07, 6.45) is 24.9. The van der Waals surface area contributed by atoms with Crippen LogP contribution in [0, 0.1) is 17.8 Å². The zero-order valence-corrected chi connectivity index (χ0v) is 42.0. The van der Waals surface area contributed by atoms with Gasteiger partial charge in [-0.15, -0.1) is 0 Å². The topological polar surface area (TPSA) is 234 Å². The molecule has 1 saturated carbocycles. The highest BCUT2D eigenvalue weighted by Gasteiger charge is 2.32. The van der Waals surface area contributed by atoms with Gasteiger partial charge >= 0.3 is 0 Å². The van der Waals surface area contributed by atoms with E-state index in [1.165, 1.54) is 77.0 Å². The van der Waals surface area contributed by atoms with E-state index in [9.17, 15) is 0 Å². The first-order chi connectivity index (χ1) is 26.6. The second-order valence-electron chi connectivity index (χ2n) is 18.2. The van der Waals surface area contributed by atoms with E-state index in [1.807, 2.05) is 34.6 Å². The van der Waals surface area contributed by atoms with Gasteiger partial charge in [-0.25, -0.2) is 0 Å². The van der Waals surface area contributed by atoms with Gasteiger partial charge in [0, 0.05) is 54.4 Å². The van der Waals surface area contributed by atoms with Gasteiger partial charge in [0.15, 0.2) is 0 Å². The monoisotopic (exact) mass is 820 g/mol. The molecule has 0 aromatic rings. The van der Waals surface area contributed by atoms with E-state index in [-0.39, 0.29) is 12.1 Å². The summed E-state index contributed by atoms with van der Waals surface area (Å²) >= 11 is 0. The molecular weight excluding hydrogens is 703 g/mol. The molecule has 1 aliphatic rings. The molecule has 0 spiro atoms. The Balaban J connectivity index is -0.000000138. The summed E-state index contributed by atoms with van der Waals surface area (Å²) in [5.74, 6) is 2.12. The maximum atomic E-state index is 6.19. The standard InChI is InChI=1S/C12H26N2.C10H24N2.C6H15N.4C5H13N/c1-3-5-9-7-12(14)10(6-4-2)8-11(9)13;1-3-5-7-9(11)10(12)8-6-4-2;1-5(2)4-6(3)7;4*1-3-4-5(2)6/h9-12H,3-8,13-14H2,1-2H3;9-10H,3-8,11-12H2,1-2H3;5-6H,4,7H2,1-3H3;4*5H,3-4,6H2,1-2H3. The fourth-order valence-electron chi connectivity index (χ4n) is 6.71. The van der Waals surface area contributed by atoms with Gasteiger partial charge in [0.25, 0.3) is 0 Å². The summed E-state index contributed by atoms with van der Waals surface area (Å²) in [7, 11) is 0. The average molecular weight is 821 g/mol. The Labute approximate surface area is 361 Å². The van der Waals surface area contributed by atoms with Gasteiger partial charge in [0.2, 0.25) is 0 Å². The molecular formula is C48H117N9. The largest absolute Gasteiger partial charge is 0.328 e. The fraction of sp³-hybridized carbons (Fsp3) is 1.00. The summed E-state index contributed by atoms with van der Waals surface area (Å²) in [5, 5.41) is 0. The van der Waals surface area contributed by atoms with Crippen LogP contribution in [0.15, 0.2) is 0 Å². The Hall–Kier alpha value is -0.360. The van der Waals surface area contributed by atoms with Crippen molar-refractivity contribution in [3.8, 4) is 0 Å². The van der Waals surface area contributed by atoms with E-state index in [0.717, 1.165) is 63.7 Å². The van der Waals surface area contributed by atoms with Crippen LogP contribution in [0.25, 0.3) is 0 Å². The Bertz CT molecular complexity index is 613. The van der Waals surface area contributed by atoms with Crippen LogP contribution in [0.5, 0.6) is 0 Å². The second-order valence-corrected chi connectivity index (χ2v) is 18.2. The maximum Gasteiger partial charge on any atom is 0.0192 e. The van der Waals surface area contributed by atoms with Gasteiger partial charge in [-0.3, -0.25) is 0 Å². The van der Waals surface area contributed by atoms with E-state index in [2.05, 4.69) is 69.2 Å². The van der Waals surface area contributed by atoms with Crippen molar-refractivity contribution >= 4 is 0 Å². The number of hydrogen-bond acceptors (Lipinski definition) is 9. The van der Waals surface area contributed by atoms with Gasteiger partial charge in [0.1, 0.15) is 0 Å². The summed E-state index contributed by atoms with van der Waals surface area (Å²) in [6.45, 7) is 31.9. The average Bonchev–Trinajstić information content (AvgIpc) is 3.09. The van der Waals surface area contributed by atoms with E-state index in [4.69, 9.17) is 51.6 Å². The SMILES string of the molecule is CC(C)CC(C)N.CCCC(C)N.CCCC(C)N.CCCC(C)N.CCCC(C)N.CCCC1CC(N)C(CCC)CC1N.CCCCC(N)C(N)CCCC. The number of nitrogens with two attached hydrogens (primary N) is 9. The van der Waals surface area contributed by atoms with Crippen molar-refractivity contribution in [2.75, 3.05) is 0 Å². The summed E-state index contributed by atoms with van der Waals surface area (Å²) in [6, 6.07) is 3.22. The molecule has 0 bridgehead atoms. The molecule has 11 atom stereocenters. The Morgan fingerprint density at radius 1 is 0.368 bits per heavy atom. The van der Waals surface area contributed by atoms with Crippen molar-refractivity contribution < 1.29 is 0 Å². The van der Waals surface area contributed by atoms with Crippen molar-refractivity contribution in [2.45, 2.75) is 293 Å². The molecule has 0 radical (unpaired) electrons. The van der Waals surface area contributed by atoms with Crippen molar-refractivity contribution in [3.05, 3.63) is 0 Å². The second kappa shape index (κ2) is 51.8. The molecule has 1 rings (SSSR count). The molecule has 0 aromatic heterocycles. The first kappa shape index (κ1) is 68.4. The quantitative estimate of drug-likeness (QED) is 0.0535. The smallest absolute Gasteiger partial charge is 0.0192 e. The lowest BCUT2D eigenvalue weighted by Gasteiger charge is -2.38. The number of hydrogen-bond donors (Lipinski definition) is 9. The third kappa shape index (κ3) is 65.0. The van der Waals surface area contributed by atoms with E-state index in [1.54, 1.807) is 0 Å². The van der Waals surface area contributed by atoms with Crippen LogP contribution in [0.4, 0.5) is 0 Å². The van der Waals surface area contributed by atoms with Crippen LogP contribution in [-0.4, -0.2) is 54.4 Å². The number of unbranched alkanes of at least 4 members (excludes halogenated alkanes) is 2. The molecule has 9 heteroatoms. The van der Waals surface area contributed by atoms with Gasteiger partial charge < -0.3 is 51.6 Å². The van der Waals surface area contributed by atoms with Crippen LogP contribution < -0.4 is 51.6 Å². The van der Waals surface area contributed by atoms with Crippen LogP contribution in [0.3, 0.4) is 0 Å². The van der Waals surface area contributed by atoms with E-state index in [0.29, 0.717) is 54.1 Å². The third-order valence-electron chi connectivity index (χ3n) is 9.83. The van der Waals surface area contributed by atoms with Crippen molar-refractivity contribution in [1.82, 2.24) is 0 Å². The lowest BCUT2D eigenvalue weighted by molar-refractivity contribution is 0.187. The molecule has 1 fully saturated rings. The minimum Gasteiger partial charge on any atom is -0.328 e. The van der Waals surface area contributed by atoms with Crippen LogP contribution in [0.1, 0.15) is 239 Å². The minimum absolute atomic E-state index is 0.219. The van der Waals surface area contributed by atoms with Gasteiger partial charge in [-0.2, -0.15) is 0 Å².